The molecule has 1 amide bonds. The first-order chi connectivity index (χ1) is 11.6. The Kier molecular flexibility index (Phi) is 4.85. The molecular formula is C18H21FN4O. The third-order valence-electron chi connectivity index (χ3n) is 4.79. The van der Waals surface area contributed by atoms with Crippen molar-refractivity contribution >= 4 is 5.91 Å². The normalized spacial score (nSPS) is 20.5. The standard InChI is InChI=1S/C18H21FN4O/c19-15-5-3-14(4-6-15)13-23-11-8-18(23,17(20)24)7-1-2-16-12-21-9-10-22-16/h3-6,9-10,12H,1-2,7-8,11,13H2,(H2,20,24)/t18-/m1/s1. The van der Waals surface area contributed by atoms with E-state index in [0.717, 1.165) is 37.1 Å². The van der Waals surface area contributed by atoms with Crippen LogP contribution >= 0.6 is 0 Å². The minimum absolute atomic E-state index is 0.257. The lowest BCUT2D eigenvalue weighted by Crippen LogP contribution is -2.66. The van der Waals surface area contributed by atoms with Gasteiger partial charge in [0.25, 0.3) is 0 Å². The van der Waals surface area contributed by atoms with E-state index in [4.69, 9.17) is 5.73 Å². The summed E-state index contributed by atoms with van der Waals surface area (Å²) in [5.41, 5.74) is 7.01. The molecule has 126 valence electrons. The molecule has 0 spiro atoms. The number of halogens is 1. The van der Waals surface area contributed by atoms with Crippen LogP contribution in [0.5, 0.6) is 0 Å². The number of hydrogen-bond acceptors (Lipinski definition) is 4. The van der Waals surface area contributed by atoms with Gasteiger partial charge in [-0.25, -0.2) is 4.39 Å². The molecule has 0 aliphatic carbocycles. The molecule has 3 rings (SSSR count). The van der Waals surface area contributed by atoms with Crippen LogP contribution in [0.25, 0.3) is 0 Å². The van der Waals surface area contributed by atoms with Crippen molar-refractivity contribution in [3.63, 3.8) is 0 Å². The molecule has 1 saturated heterocycles. The Balaban J connectivity index is 1.62. The van der Waals surface area contributed by atoms with E-state index in [1.807, 2.05) is 0 Å². The molecule has 1 atom stereocenters. The fourth-order valence-corrected chi connectivity index (χ4v) is 3.29. The number of aromatic nitrogens is 2. The first-order valence-electron chi connectivity index (χ1n) is 8.14. The second-order valence-electron chi connectivity index (χ2n) is 6.24. The van der Waals surface area contributed by atoms with Gasteiger partial charge in [0, 0.05) is 31.7 Å². The number of nitrogens with two attached hydrogens (primary N) is 1. The number of carbonyl (C=O) groups excluding carboxylic acids is 1. The molecule has 6 heteroatoms. The minimum Gasteiger partial charge on any atom is -0.368 e. The van der Waals surface area contributed by atoms with Crippen LogP contribution in [0.2, 0.25) is 0 Å². The van der Waals surface area contributed by atoms with Gasteiger partial charge in [-0.3, -0.25) is 19.7 Å². The number of aryl methyl sites for hydroxylation is 1. The van der Waals surface area contributed by atoms with Gasteiger partial charge >= 0.3 is 0 Å². The number of primary amides is 1. The maximum absolute atomic E-state index is 13.0. The zero-order valence-electron chi connectivity index (χ0n) is 13.5. The van der Waals surface area contributed by atoms with Gasteiger partial charge in [-0.2, -0.15) is 0 Å². The van der Waals surface area contributed by atoms with Crippen molar-refractivity contribution < 1.29 is 9.18 Å². The Morgan fingerprint density at radius 3 is 2.67 bits per heavy atom. The van der Waals surface area contributed by atoms with Crippen LogP contribution in [0.3, 0.4) is 0 Å². The number of likely N-dealkylation sites (tertiary alicyclic amines) is 1. The molecule has 24 heavy (non-hydrogen) atoms. The summed E-state index contributed by atoms with van der Waals surface area (Å²) in [5, 5.41) is 0. The van der Waals surface area contributed by atoms with E-state index in [1.54, 1.807) is 30.7 Å². The summed E-state index contributed by atoms with van der Waals surface area (Å²) in [5.74, 6) is -0.539. The van der Waals surface area contributed by atoms with E-state index in [-0.39, 0.29) is 11.7 Å². The molecule has 2 N–H and O–H groups in total. The van der Waals surface area contributed by atoms with E-state index in [2.05, 4.69) is 14.9 Å². The van der Waals surface area contributed by atoms with Crippen molar-refractivity contribution in [3.8, 4) is 0 Å². The number of carbonyl (C=O) groups is 1. The van der Waals surface area contributed by atoms with E-state index in [0.29, 0.717) is 13.0 Å². The van der Waals surface area contributed by atoms with Crippen LogP contribution in [0.1, 0.15) is 30.5 Å². The number of nitrogens with zero attached hydrogens (tertiary/aromatic N) is 3. The summed E-state index contributed by atoms with van der Waals surface area (Å²) in [6.45, 7) is 1.43. The molecule has 1 fully saturated rings. The third kappa shape index (κ3) is 3.43. The zero-order valence-corrected chi connectivity index (χ0v) is 13.5. The van der Waals surface area contributed by atoms with E-state index in [1.165, 1.54) is 12.1 Å². The molecule has 1 aromatic carbocycles. The minimum atomic E-state index is -0.601. The quantitative estimate of drug-likeness (QED) is 0.844. The first kappa shape index (κ1) is 16.5. The van der Waals surface area contributed by atoms with Crippen molar-refractivity contribution in [2.24, 2.45) is 5.73 Å². The Morgan fingerprint density at radius 2 is 2.08 bits per heavy atom. The Labute approximate surface area is 140 Å². The van der Waals surface area contributed by atoms with Gasteiger partial charge < -0.3 is 5.73 Å². The molecule has 0 unspecified atom stereocenters. The highest BCUT2D eigenvalue weighted by molar-refractivity contribution is 5.85. The van der Waals surface area contributed by atoms with Crippen LogP contribution in [0, 0.1) is 5.82 Å². The van der Waals surface area contributed by atoms with E-state index >= 15 is 0 Å². The summed E-state index contributed by atoms with van der Waals surface area (Å²) in [4.78, 5) is 22.5. The van der Waals surface area contributed by atoms with Gasteiger partial charge in [-0.15, -0.1) is 0 Å². The van der Waals surface area contributed by atoms with Gasteiger partial charge in [-0.05, 0) is 43.4 Å². The second-order valence-corrected chi connectivity index (χ2v) is 6.24. The lowest BCUT2D eigenvalue weighted by atomic mass is 9.79. The average Bonchev–Trinajstić information content (AvgIpc) is 2.57. The molecule has 5 nitrogen and oxygen atoms in total. The summed E-state index contributed by atoms with van der Waals surface area (Å²) in [7, 11) is 0. The summed E-state index contributed by atoms with van der Waals surface area (Å²) < 4.78 is 13.0. The Morgan fingerprint density at radius 1 is 1.29 bits per heavy atom. The van der Waals surface area contributed by atoms with Crippen molar-refractivity contribution in [2.75, 3.05) is 6.54 Å². The summed E-state index contributed by atoms with van der Waals surface area (Å²) >= 11 is 0. The van der Waals surface area contributed by atoms with Crippen LogP contribution in [-0.4, -0.2) is 32.9 Å². The van der Waals surface area contributed by atoms with Gasteiger partial charge in [-0.1, -0.05) is 12.1 Å². The third-order valence-corrected chi connectivity index (χ3v) is 4.79. The SMILES string of the molecule is NC(=O)[C@@]1(CCCc2cnccn2)CCN1Cc1ccc(F)cc1. The lowest BCUT2D eigenvalue weighted by Gasteiger charge is -2.51. The van der Waals surface area contributed by atoms with Gasteiger partial charge in [0.15, 0.2) is 0 Å². The molecule has 0 bridgehead atoms. The fraction of sp³-hybridized carbons (Fsp3) is 0.389. The second kappa shape index (κ2) is 7.05. The van der Waals surface area contributed by atoms with Gasteiger partial charge in [0.2, 0.25) is 5.91 Å². The highest BCUT2D eigenvalue weighted by Gasteiger charge is 2.48. The van der Waals surface area contributed by atoms with E-state index in [9.17, 15) is 9.18 Å². The van der Waals surface area contributed by atoms with Crippen molar-refractivity contribution in [2.45, 2.75) is 37.8 Å². The predicted molar refractivity (Wildman–Crippen MR) is 88.3 cm³/mol. The highest BCUT2D eigenvalue weighted by atomic mass is 19.1. The van der Waals surface area contributed by atoms with Crippen LogP contribution in [0.4, 0.5) is 4.39 Å². The summed E-state index contributed by atoms with van der Waals surface area (Å²) in [6, 6.07) is 6.38. The van der Waals surface area contributed by atoms with Gasteiger partial charge in [0.05, 0.1) is 5.69 Å². The largest absolute Gasteiger partial charge is 0.368 e. The molecule has 2 aromatic rings. The zero-order chi connectivity index (χ0) is 17.0. The molecule has 0 saturated carbocycles. The van der Waals surface area contributed by atoms with Crippen LogP contribution < -0.4 is 5.73 Å². The van der Waals surface area contributed by atoms with Crippen molar-refractivity contribution in [3.05, 3.63) is 59.9 Å². The van der Waals surface area contributed by atoms with E-state index < -0.39 is 5.54 Å². The monoisotopic (exact) mass is 328 g/mol. The molecule has 2 heterocycles. The number of rotatable bonds is 7. The van der Waals surface area contributed by atoms with Crippen LogP contribution in [-0.2, 0) is 17.8 Å². The maximum atomic E-state index is 13.0. The van der Waals surface area contributed by atoms with Crippen molar-refractivity contribution in [1.82, 2.24) is 14.9 Å². The number of amides is 1. The molecule has 1 aliphatic heterocycles. The topological polar surface area (TPSA) is 72.1 Å². The van der Waals surface area contributed by atoms with Gasteiger partial charge in [0.1, 0.15) is 11.4 Å². The Bertz CT molecular complexity index is 692. The maximum Gasteiger partial charge on any atom is 0.238 e. The lowest BCUT2D eigenvalue weighted by molar-refractivity contribution is -0.141. The van der Waals surface area contributed by atoms with Crippen molar-refractivity contribution in [1.29, 1.82) is 0 Å². The summed E-state index contributed by atoms with van der Waals surface area (Å²) in [6.07, 6.45) is 8.11. The highest BCUT2D eigenvalue weighted by Crippen LogP contribution is 2.36. The molecule has 1 aliphatic rings. The molecule has 0 radical (unpaired) electrons. The first-order valence-corrected chi connectivity index (χ1v) is 8.14. The smallest absolute Gasteiger partial charge is 0.238 e. The predicted octanol–water partition coefficient (Wildman–Crippen LogP) is 2.07. The van der Waals surface area contributed by atoms with Crippen LogP contribution in [0.15, 0.2) is 42.9 Å². The fourth-order valence-electron chi connectivity index (χ4n) is 3.29. The molecule has 1 aromatic heterocycles. The average molecular weight is 328 g/mol. The Hall–Kier alpha value is -2.34. The number of hydrogen-bond donors (Lipinski definition) is 1. The molecular weight excluding hydrogens is 307 g/mol. The number of benzene rings is 1.